The second-order valence-corrected chi connectivity index (χ2v) is 2.95. The molecule has 3 nitrogen and oxygen atoms in total. The Morgan fingerprint density at radius 3 is 3.30 bits per heavy atom. The van der Waals surface area contributed by atoms with Gasteiger partial charge in [0.1, 0.15) is 5.84 Å². The number of nitrogens with zero attached hydrogens (tertiary/aromatic N) is 2. The van der Waals surface area contributed by atoms with Gasteiger partial charge < -0.3 is 10.6 Å². The minimum absolute atomic E-state index is 0.259. The topological polar surface area (TPSA) is 41.6 Å². The van der Waals surface area contributed by atoms with E-state index in [0.717, 1.165) is 25.9 Å². The molecule has 2 aliphatic heterocycles. The summed E-state index contributed by atoms with van der Waals surface area (Å²) < 4.78 is 0. The van der Waals surface area contributed by atoms with Crippen molar-refractivity contribution < 1.29 is 0 Å². The molecule has 2 N–H and O–H groups in total. The average molecular weight is 139 g/mol. The zero-order valence-corrected chi connectivity index (χ0v) is 6.08. The van der Waals surface area contributed by atoms with Crippen LogP contribution in [0.15, 0.2) is 4.99 Å². The van der Waals surface area contributed by atoms with Gasteiger partial charge in [-0.3, -0.25) is 4.99 Å². The van der Waals surface area contributed by atoms with E-state index in [-0.39, 0.29) is 6.17 Å². The number of hydrogen-bond acceptors (Lipinski definition) is 3. The van der Waals surface area contributed by atoms with Gasteiger partial charge in [-0.2, -0.15) is 0 Å². The smallest absolute Gasteiger partial charge is 0.100 e. The molecule has 2 aliphatic rings. The zero-order chi connectivity index (χ0) is 6.97. The van der Waals surface area contributed by atoms with Crippen LogP contribution >= 0.6 is 0 Å². The molecule has 0 spiro atoms. The van der Waals surface area contributed by atoms with Gasteiger partial charge in [0.2, 0.25) is 0 Å². The van der Waals surface area contributed by atoms with Crippen LogP contribution in [0.1, 0.15) is 19.3 Å². The molecule has 0 saturated carbocycles. The second-order valence-electron chi connectivity index (χ2n) is 2.95. The first-order valence-corrected chi connectivity index (χ1v) is 3.93. The number of fused-ring (bicyclic) bond motifs is 1. The summed E-state index contributed by atoms with van der Waals surface area (Å²) in [6.45, 7) is 2.06. The highest BCUT2D eigenvalue weighted by Crippen LogP contribution is 2.18. The van der Waals surface area contributed by atoms with Gasteiger partial charge in [0.05, 0.1) is 6.17 Å². The lowest BCUT2D eigenvalue weighted by Gasteiger charge is -2.29. The van der Waals surface area contributed by atoms with Gasteiger partial charge in [-0.1, -0.05) is 0 Å². The lowest BCUT2D eigenvalue weighted by atomic mass is 10.2. The first-order valence-electron chi connectivity index (χ1n) is 3.93. The van der Waals surface area contributed by atoms with Gasteiger partial charge in [0.25, 0.3) is 0 Å². The molecule has 0 aliphatic carbocycles. The molecule has 0 amide bonds. The maximum Gasteiger partial charge on any atom is 0.100 e. The lowest BCUT2D eigenvalue weighted by Crippen LogP contribution is -2.45. The van der Waals surface area contributed by atoms with Crippen molar-refractivity contribution in [2.24, 2.45) is 10.7 Å². The standard InChI is InChI=1S/C7H13N3/c8-6-3-4-9-7-2-1-5-10(6)7/h6H,1-5,8H2. The lowest BCUT2D eigenvalue weighted by molar-refractivity contribution is 0.312. The normalized spacial score (nSPS) is 31.9. The molecule has 0 aromatic carbocycles. The van der Waals surface area contributed by atoms with Crippen LogP contribution in [0.4, 0.5) is 0 Å². The van der Waals surface area contributed by atoms with Crippen molar-refractivity contribution in [3.05, 3.63) is 0 Å². The fourth-order valence-electron chi connectivity index (χ4n) is 1.69. The molecular formula is C7H13N3. The molecule has 2 rings (SSSR count). The van der Waals surface area contributed by atoms with Crippen molar-refractivity contribution >= 4 is 5.84 Å². The largest absolute Gasteiger partial charge is 0.345 e. The SMILES string of the molecule is NC1CCN=C2CCCN21. The molecule has 0 bridgehead atoms. The van der Waals surface area contributed by atoms with Crippen molar-refractivity contribution in [2.45, 2.75) is 25.4 Å². The van der Waals surface area contributed by atoms with Crippen LogP contribution in [0.2, 0.25) is 0 Å². The van der Waals surface area contributed by atoms with Crippen LogP contribution in [0, 0.1) is 0 Å². The summed E-state index contributed by atoms with van der Waals surface area (Å²) in [5, 5.41) is 0. The summed E-state index contributed by atoms with van der Waals surface area (Å²) in [6.07, 6.45) is 3.68. The second kappa shape index (κ2) is 2.23. The fourth-order valence-corrected chi connectivity index (χ4v) is 1.69. The predicted molar refractivity (Wildman–Crippen MR) is 40.8 cm³/mol. The summed E-state index contributed by atoms with van der Waals surface area (Å²) in [5.74, 6) is 1.25. The van der Waals surface area contributed by atoms with Gasteiger partial charge >= 0.3 is 0 Å². The van der Waals surface area contributed by atoms with E-state index in [2.05, 4.69) is 9.89 Å². The number of amidine groups is 1. The highest BCUT2D eigenvalue weighted by Gasteiger charge is 2.25. The quantitative estimate of drug-likeness (QED) is 0.519. The highest BCUT2D eigenvalue weighted by atomic mass is 15.3. The molecule has 10 heavy (non-hydrogen) atoms. The average Bonchev–Trinajstić information content (AvgIpc) is 2.36. The molecule has 0 aromatic heterocycles. The van der Waals surface area contributed by atoms with Crippen molar-refractivity contribution in [3.8, 4) is 0 Å². The minimum atomic E-state index is 0.259. The maximum absolute atomic E-state index is 5.86. The van der Waals surface area contributed by atoms with E-state index < -0.39 is 0 Å². The van der Waals surface area contributed by atoms with Gasteiger partial charge in [0, 0.05) is 25.9 Å². The number of nitrogens with two attached hydrogens (primary N) is 1. The van der Waals surface area contributed by atoms with Gasteiger partial charge in [-0.05, 0) is 6.42 Å². The molecule has 0 radical (unpaired) electrons. The molecule has 1 fully saturated rings. The summed E-state index contributed by atoms with van der Waals surface area (Å²) in [6, 6.07) is 0. The Bertz CT molecular complexity index is 164. The first-order chi connectivity index (χ1) is 4.88. The van der Waals surface area contributed by atoms with Crippen LogP contribution < -0.4 is 5.73 Å². The Labute approximate surface area is 60.9 Å². The van der Waals surface area contributed by atoms with Crippen LogP contribution in [0.5, 0.6) is 0 Å². The number of hydrogen-bond donors (Lipinski definition) is 1. The van der Waals surface area contributed by atoms with E-state index in [0.29, 0.717) is 0 Å². The van der Waals surface area contributed by atoms with Gasteiger partial charge in [0.15, 0.2) is 0 Å². The third kappa shape index (κ3) is 0.814. The van der Waals surface area contributed by atoms with Gasteiger partial charge in [-0.15, -0.1) is 0 Å². The van der Waals surface area contributed by atoms with Crippen molar-refractivity contribution in [1.29, 1.82) is 0 Å². The summed E-state index contributed by atoms with van der Waals surface area (Å²) in [5.41, 5.74) is 5.86. The first kappa shape index (κ1) is 6.16. The summed E-state index contributed by atoms with van der Waals surface area (Å²) in [7, 11) is 0. The van der Waals surface area contributed by atoms with Crippen LogP contribution in [0.3, 0.4) is 0 Å². The monoisotopic (exact) mass is 139 g/mol. The summed E-state index contributed by atoms with van der Waals surface area (Å²) >= 11 is 0. The molecule has 1 unspecified atom stereocenters. The number of aliphatic imine (C=N–C) groups is 1. The Hall–Kier alpha value is -0.570. The Morgan fingerprint density at radius 2 is 2.50 bits per heavy atom. The molecule has 1 atom stereocenters. The van der Waals surface area contributed by atoms with Crippen molar-refractivity contribution in [2.75, 3.05) is 13.1 Å². The van der Waals surface area contributed by atoms with Crippen molar-refractivity contribution in [3.63, 3.8) is 0 Å². The third-order valence-electron chi connectivity index (χ3n) is 2.25. The number of rotatable bonds is 0. The zero-order valence-electron chi connectivity index (χ0n) is 6.08. The molecular weight excluding hydrogens is 126 g/mol. The predicted octanol–water partition coefficient (Wildman–Crippen LogP) is 0.169. The minimum Gasteiger partial charge on any atom is -0.345 e. The van der Waals surface area contributed by atoms with E-state index in [1.54, 1.807) is 0 Å². The molecule has 1 saturated heterocycles. The van der Waals surface area contributed by atoms with Crippen LogP contribution in [0.25, 0.3) is 0 Å². The van der Waals surface area contributed by atoms with Crippen LogP contribution in [-0.2, 0) is 0 Å². The van der Waals surface area contributed by atoms with Gasteiger partial charge in [-0.25, -0.2) is 0 Å². The molecule has 56 valence electrons. The molecule has 2 heterocycles. The molecule has 0 aromatic rings. The van der Waals surface area contributed by atoms with E-state index >= 15 is 0 Å². The highest BCUT2D eigenvalue weighted by molar-refractivity contribution is 5.84. The maximum atomic E-state index is 5.86. The van der Waals surface area contributed by atoms with E-state index in [1.165, 1.54) is 12.3 Å². The van der Waals surface area contributed by atoms with Crippen molar-refractivity contribution in [1.82, 2.24) is 4.90 Å². The Morgan fingerprint density at radius 1 is 1.60 bits per heavy atom. The molecule has 3 heteroatoms. The Kier molecular flexibility index (Phi) is 1.38. The fraction of sp³-hybridized carbons (Fsp3) is 0.857. The third-order valence-corrected chi connectivity index (χ3v) is 2.25. The van der Waals surface area contributed by atoms with Crippen LogP contribution in [-0.4, -0.2) is 30.0 Å². The summed E-state index contributed by atoms with van der Waals surface area (Å²) in [4.78, 5) is 6.64. The van der Waals surface area contributed by atoms with E-state index in [4.69, 9.17) is 5.73 Å². The van der Waals surface area contributed by atoms with E-state index in [9.17, 15) is 0 Å². The van der Waals surface area contributed by atoms with E-state index in [1.807, 2.05) is 0 Å². The Balaban J connectivity index is 2.18.